The van der Waals surface area contributed by atoms with E-state index in [1.165, 1.54) is 0 Å². The van der Waals surface area contributed by atoms with Crippen LogP contribution in [0.1, 0.15) is 28.3 Å². The van der Waals surface area contributed by atoms with E-state index in [4.69, 9.17) is 9.47 Å². The van der Waals surface area contributed by atoms with Crippen molar-refractivity contribution in [1.29, 1.82) is 0 Å². The fourth-order valence-electron chi connectivity index (χ4n) is 4.41. The number of ether oxygens (including phenoxy) is 2. The van der Waals surface area contributed by atoms with E-state index >= 15 is 0 Å². The van der Waals surface area contributed by atoms with Gasteiger partial charge in [0.2, 0.25) is 0 Å². The third kappa shape index (κ3) is 4.90. The second-order valence-corrected chi connectivity index (χ2v) is 8.34. The lowest BCUT2D eigenvalue weighted by Crippen LogP contribution is -2.41. The predicted molar refractivity (Wildman–Crippen MR) is 130 cm³/mol. The van der Waals surface area contributed by atoms with Crippen LogP contribution in [0.2, 0.25) is 0 Å². The van der Waals surface area contributed by atoms with Crippen LogP contribution in [0.25, 0.3) is 5.69 Å². The summed E-state index contributed by atoms with van der Waals surface area (Å²) in [4.78, 5) is 26.3. The van der Waals surface area contributed by atoms with Crippen LogP contribution in [0.4, 0.5) is 4.79 Å². The van der Waals surface area contributed by atoms with Gasteiger partial charge in [0, 0.05) is 12.1 Å². The number of aromatic nitrogens is 3. The van der Waals surface area contributed by atoms with Gasteiger partial charge in [0.1, 0.15) is 12.4 Å². The van der Waals surface area contributed by atoms with E-state index in [9.17, 15) is 14.7 Å². The largest absolute Gasteiger partial charge is 0.482 e. The molecule has 0 radical (unpaired) electrons. The second-order valence-electron chi connectivity index (χ2n) is 8.34. The number of hydrogen-bond donors (Lipinski definition) is 1. The normalized spacial score (nSPS) is 14.7. The van der Waals surface area contributed by atoms with Crippen LogP contribution in [0.15, 0.2) is 85.2 Å². The molecule has 9 nitrogen and oxygen atoms in total. The first-order valence-electron chi connectivity index (χ1n) is 11.5. The minimum absolute atomic E-state index is 0.145. The van der Waals surface area contributed by atoms with Gasteiger partial charge < -0.3 is 14.6 Å². The minimum Gasteiger partial charge on any atom is -0.482 e. The van der Waals surface area contributed by atoms with E-state index in [0.717, 1.165) is 16.7 Å². The molecular weight excluding hydrogens is 460 g/mol. The molecule has 1 N–H and O–H groups in total. The molecule has 2 heterocycles. The van der Waals surface area contributed by atoms with Gasteiger partial charge in [-0.3, -0.25) is 4.90 Å². The summed E-state index contributed by atoms with van der Waals surface area (Å²) in [6.45, 7) is 0.0651. The number of fused-ring (bicyclic) bond motifs is 1. The van der Waals surface area contributed by atoms with E-state index < -0.39 is 24.7 Å². The molecule has 0 aliphatic carbocycles. The second kappa shape index (κ2) is 10.3. The molecule has 0 saturated heterocycles. The summed E-state index contributed by atoms with van der Waals surface area (Å²) < 4.78 is 13.0. The molecule has 1 aromatic heterocycles. The average molecular weight is 485 g/mol. The van der Waals surface area contributed by atoms with Crippen LogP contribution in [0.3, 0.4) is 0 Å². The summed E-state index contributed by atoms with van der Waals surface area (Å²) in [7, 11) is 0. The maximum atomic E-state index is 13.4. The molecule has 5 rings (SSSR count). The number of benzene rings is 3. The Morgan fingerprint density at radius 2 is 1.81 bits per heavy atom. The summed E-state index contributed by atoms with van der Waals surface area (Å²) in [5.74, 6) is -0.728. The van der Waals surface area contributed by atoms with Crippen LogP contribution in [-0.2, 0) is 22.6 Å². The van der Waals surface area contributed by atoms with Gasteiger partial charge in [-0.05, 0) is 41.3 Å². The molecule has 1 atom stereocenters. The number of hydrogen-bond acceptors (Lipinski definition) is 6. The van der Waals surface area contributed by atoms with Crippen LogP contribution in [0, 0.1) is 0 Å². The monoisotopic (exact) mass is 484 g/mol. The first-order chi connectivity index (χ1) is 17.6. The summed E-state index contributed by atoms with van der Waals surface area (Å²) >= 11 is 0. The maximum Gasteiger partial charge on any atom is 0.410 e. The highest BCUT2D eigenvalue weighted by molar-refractivity contribution is 5.71. The SMILES string of the molecule is O=C(O)COc1ccc(-n2ccnn2)cc1C1c2ccccc2CCN1C(=O)OCc1ccccc1. The lowest BCUT2D eigenvalue weighted by molar-refractivity contribution is -0.139. The third-order valence-corrected chi connectivity index (χ3v) is 6.05. The van der Waals surface area contributed by atoms with E-state index in [1.54, 1.807) is 34.1 Å². The molecule has 0 bridgehead atoms. The molecule has 1 aliphatic rings. The third-order valence-electron chi connectivity index (χ3n) is 6.05. The van der Waals surface area contributed by atoms with Crippen molar-refractivity contribution in [3.63, 3.8) is 0 Å². The number of nitrogens with zero attached hydrogens (tertiary/aromatic N) is 4. The minimum atomic E-state index is -1.09. The van der Waals surface area contributed by atoms with Crippen LogP contribution < -0.4 is 4.74 Å². The highest BCUT2D eigenvalue weighted by Gasteiger charge is 2.35. The summed E-state index contributed by atoms with van der Waals surface area (Å²) in [5, 5.41) is 17.2. The summed E-state index contributed by atoms with van der Waals surface area (Å²) in [6, 6.07) is 22.1. The number of carboxylic acid groups (broad SMARTS) is 1. The number of amides is 1. The molecule has 0 saturated carbocycles. The molecule has 1 unspecified atom stereocenters. The van der Waals surface area contributed by atoms with Crippen molar-refractivity contribution in [2.45, 2.75) is 19.1 Å². The van der Waals surface area contributed by atoms with E-state index in [-0.39, 0.29) is 6.61 Å². The van der Waals surface area contributed by atoms with E-state index in [0.29, 0.717) is 30.0 Å². The molecule has 1 aliphatic heterocycles. The zero-order valence-corrected chi connectivity index (χ0v) is 19.4. The quantitative estimate of drug-likeness (QED) is 0.422. The Morgan fingerprint density at radius 3 is 2.58 bits per heavy atom. The first-order valence-corrected chi connectivity index (χ1v) is 11.5. The van der Waals surface area contributed by atoms with Crippen molar-refractivity contribution in [2.24, 2.45) is 0 Å². The van der Waals surface area contributed by atoms with Gasteiger partial charge in [0.05, 0.1) is 24.1 Å². The number of carbonyl (C=O) groups excluding carboxylic acids is 1. The van der Waals surface area contributed by atoms with E-state index in [1.807, 2.05) is 60.7 Å². The Balaban J connectivity index is 1.56. The highest BCUT2D eigenvalue weighted by Crippen LogP contribution is 2.40. The van der Waals surface area contributed by atoms with Crippen molar-refractivity contribution in [2.75, 3.05) is 13.2 Å². The highest BCUT2D eigenvalue weighted by atomic mass is 16.6. The van der Waals surface area contributed by atoms with E-state index in [2.05, 4.69) is 10.3 Å². The number of aliphatic carboxylic acids is 1. The zero-order valence-electron chi connectivity index (χ0n) is 19.4. The Kier molecular flexibility index (Phi) is 6.61. The van der Waals surface area contributed by atoms with Gasteiger partial charge in [-0.2, -0.15) is 0 Å². The van der Waals surface area contributed by atoms with Crippen molar-refractivity contribution in [3.8, 4) is 11.4 Å². The van der Waals surface area contributed by atoms with Gasteiger partial charge in [-0.15, -0.1) is 5.10 Å². The Hall–Kier alpha value is -4.66. The standard InChI is InChI=1S/C27H24N4O5/c32-25(33)18-35-24-11-10-21(31-15-13-28-29-31)16-23(24)26-22-9-5-4-8-20(22)12-14-30(26)27(34)36-17-19-6-2-1-3-7-19/h1-11,13,15-16,26H,12,14,17-18H2,(H,32,33). The molecule has 3 aromatic carbocycles. The maximum absolute atomic E-state index is 13.4. The molecule has 182 valence electrons. The topological polar surface area (TPSA) is 107 Å². The van der Waals surface area contributed by atoms with Crippen molar-refractivity contribution < 1.29 is 24.2 Å². The van der Waals surface area contributed by atoms with Gasteiger partial charge in [-0.1, -0.05) is 59.8 Å². The van der Waals surface area contributed by atoms with Crippen LogP contribution >= 0.6 is 0 Å². The first kappa shape index (κ1) is 23.1. The molecule has 9 heteroatoms. The van der Waals surface area contributed by atoms with Crippen LogP contribution in [-0.4, -0.2) is 50.2 Å². The van der Waals surface area contributed by atoms with Gasteiger partial charge in [0.15, 0.2) is 6.61 Å². The molecule has 0 fully saturated rings. The lowest BCUT2D eigenvalue weighted by atomic mass is 9.88. The average Bonchev–Trinajstić information content (AvgIpc) is 3.45. The smallest absolute Gasteiger partial charge is 0.410 e. The Bertz CT molecular complexity index is 1360. The summed E-state index contributed by atoms with van der Waals surface area (Å²) in [5.41, 5.74) is 4.25. The number of carboxylic acids is 1. The number of rotatable bonds is 7. The van der Waals surface area contributed by atoms with Crippen molar-refractivity contribution in [1.82, 2.24) is 19.9 Å². The molecule has 1 amide bonds. The van der Waals surface area contributed by atoms with Gasteiger partial charge in [-0.25, -0.2) is 14.3 Å². The Morgan fingerprint density at radius 1 is 1.00 bits per heavy atom. The van der Waals surface area contributed by atoms with Crippen LogP contribution in [0.5, 0.6) is 5.75 Å². The Labute approximate surface area is 207 Å². The zero-order chi connectivity index (χ0) is 24.9. The summed E-state index contributed by atoms with van der Waals surface area (Å²) in [6.07, 6.45) is 3.48. The molecule has 36 heavy (non-hydrogen) atoms. The predicted octanol–water partition coefficient (Wildman–Crippen LogP) is 4.02. The van der Waals surface area contributed by atoms with Gasteiger partial charge >= 0.3 is 12.1 Å². The van der Waals surface area contributed by atoms with Gasteiger partial charge in [0.25, 0.3) is 0 Å². The van der Waals surface area contributed by atoms with Crippen molar-refractivity contribution in [3.05, 3.63) is 107 Å². The molecule has 0 spiro atoms. The molecular formula is C27H24N4O5. The van der Waals surface area contributed by atoms with Crippen molar-refractivity contribution >= 4 is 12.1 Å². The fourth-order valence-corrected chi connectivity index (χ4v) is 4.41. The number of carbonyl (C=O) groups is 2. The fraction of sp³-hybridized carbons (Fsp3) is 0.185. The lowest BCUT2D eigenvalue weighted by Gasteiger charge is -2.37. The molecule has 4 aromatic rings.